The number of ether oxygens (including phenoxy) is 2. The molecule has 4 nitrogen and oxygen atoms in total. The molecule has 5 rings (SSSR count). The maximum absolute atomic E-state index is 15.0. The third-order valence-corrected chi connectivity index (χ3v) is 8.50. The molecule has 0 radical (unpaired) electrons. The fourth-order valence-corrected chi connectivity index (χ4v) is 6.18. The molecule has 0 aliphatic heterocycles. The van der Waals surface area contributed by atoms with Crippen LogP contribution < -0.4 is 9.47 Å². The van der Waals surface area contributed by atoms with Crippen LogP contribution in [-0.4, -0.2) is 18.2 Å². The summed E-state index contributed by atoms with van der Waals surface area (Å²) >= 11 is 0. The van der Waals surface area contributed by atoms with Gasteiger partial charge in [0.05, 0.1) is 13.5 Å². The number of carboxylic acid groups (broad SMARTS) is 1. The van der Waals surface area contributed by atoms with Crippen molar-refractivity contribution in [2.24, 2.45) is 5.41 Å². The molecule has 200 valence electrons. The van der Waals surface area contributed by atoms with Crippen molar-refractivity contribution in [2.75, 3.05) is 7.11 Å². The lowest BCUT2D eigenvalue weighted by atomic mass is 9.70. The standard InChI is InChI=1S/C33H37FO4/c1-33(2)14-12-23(13-15-33)29-16-21(4-10-27(29)30-18-25(37-3)9-11-31(30)34)20-38-26-8-7-22-5-6-24(17-32(35)36)28(22)19-26/h4,7-11,16,18-19,23-24H,5-6,12-15,17,20H2,1-3H3,(H,35,36)/t24-/m1/s1. The van der Waals surface area contributed by atoms with E-state index in [2.05, 4.69) is 26.0 Å². The molecule has 1 saturated carbocycles. The molecule has 3 aromatic carbocycles. The van der Waals surface area contributed by atoms with Gasteiger partial charge >= 0.3 is 5.97 Å². The van der Waals surface area contributed by atoms with Crippen LogP contribution in [0.25, 0.3) is 11.1 Å². The van der Waals surface area contributed by atoms with Gasteiger partial charge in [-0.2, -0.15) is 0 Å². The van der Waals surface area contributed by atoms with Crippen LogP contribution in [0.3, 0.4) is 0 Å². The lowest BCUT2D eigenvalue weighted by Crippen LogP contribution is -2.20. The Kier molecular flexibility index (Phi) is 7.47. The van der Waals surface area contributed by atoms with E-state index < -0.39 is 5.97 Å². The van der Waals surface area contributed by atoms with Crippen molar-refractivity contribution in [1.29, 1.82) is 0 Å². The summed E-state index contributed by atoms with van der Waals surface area (Å²) in [6.45, 7) is 5.05. The van der Waals surface area contributed by atoms with Crippen molar-refractivity contribution in [3.63, 3.8) is 0 Å². The second-order valence-corrected chi connectivity index (χ2v) is 11.7. The second-order valence-electron chi connectivity index (χ2n) is 11.7. The Morgan fingerprint density at radius 3 is 2.45 bits per heavy atom. The zero-order chi connectivity index (χ0) is 26.9. The molecule has 3 aromatic rings. The van der Waals surface area contributed by atoms with Crippen LogP contribution in [0.1, 0.15) is 86.5 Å². The molecule has 1 N–H and O–H groups in total. The van der Waals surface area contributed by atoms with Crippen molar-refractivity contribution in [3.8, 4) is 22.6 Å². The Morgan fingerprint density at radius 1 is 0.947 bits per heavy atom. The SMILES string of the molecule is COc1ccc(F)c(-c2ccc(COc3ccc4c(c3)[C@@H](CC(=O)O)CC4)cc2C2CCC(C)(C)CC2)c1. The Balaban J connectivity index is 1.42. The van der Waals surface area contributed by atoms with Crippen LogP contribution in [0.15, 0.2) is 54.6 Å². The topological polar surface area (TPSA) is 55.8 Å². The number of aliphatic carboxylic acids is 1. The molecule has 0 unspecified atom stereocenters. The molecule has 1 fully saturated rings. The lowest BCUT2D eigenvalue weighted by molar-refractivity contribution is -0.137. The normalized spacial score (nSPS) is 18.7. The number of carbonyl (C=O) groups is 1. The van der Waals surface area contributed by atoms with E-state index in [1.165, 1.54) is 17.2 Å². The number of hydrogen-bond acceptors (Lipinski definition) is 3. The molecule has 1 atom stereocenters. The number of fused-ring (bicyclic) bond motifs is 1. The monoisotopic (exact) mass is 516 g/mol. The average molecular weight is 517 g/mol. The van der Waals surface area contributed by atoms with Gasteiger partial charge in [-0.1, -0.05) is 38.1 Å². The zero-order valence-corrected chi connectivity index (χ0v) is 22.6. The third kappa shape index (κ3) is 5.72. The number of benzene rings is 3. The van der Waals surface area contributed by atoms with Crippen LogP contribution in [0, 0.1) is 11.2 Å². The highest BCUT2D eigenvalue weighted by Crippen LogP contribution is 2.46. The lowest BCUT2D eigenvalue weighted by Gasteiger charge is -2.35. The van der Waals surface area contributed by atoms with Gasteiger partial charge in [0.25, 0.3) is 0 Å². The van der Waals surface area contributed by atoms with Crippen molar-refractivity contribution in [3.05, 3.63) is 82.7 Å². The summed E-state index contributed by atoms with van der Waals surface area (Å²) in [6.07, 6.45) is 6.38. The minimum Gasteiger partial charge on any atom is -0.497 e. The van der Waals surface area contributed by atoms with Crippen LogP contribution in [-0.2, 0) is 17.8 Å². The molecule has 0 spiro atoms. The quantitative estimate of drug-likeness (QED) is 0.327. The first kappa shape index (κ1) is 26.3. The fourth-order valence-electron chi connectivity index (χ4n) is 6.18. The molecule has 2 aliphatic rings. The molecular weight excluding hydrogens is 479 g/mol. The van der Waals surface area contributed by atoms with Gasteiger partial charge < -0.3 is 14.6 Å². The van der Waals surface area contributed by atoms with Crippen LogP contribution in [0.4, 0.5) is 4.39 Å². The summed E-state index contributed by atoms with van der Waals surface area (Å²) in [5.74, 6) is 0.791. The van der Waals surface area contributed by atoms with Crippen LogP contribution in [0.5, 0.6) is 11.5 Å². The Morgan fingerprint density at radius 2 is 1.71 bits per heavy atom. The first-order valence-electron chi connectivity index (χ1n) is 13.7. The first-order chi connectivity index (χ1) is 18.2. The van der Waals surface area contributed by atoms with Gasteiger partial charge in [0.2, 0.25) is 0 Å². The Hall–Kier alpha value is -3.34. The van der Waals surface area contributed by atoms with Gasteiger partial charge in [0.1, 0.15) is 23.9 Å². The average Bonchev–Trinajstić information content (AvgIpc) is 3.29. The van der Waals surface area contributed by atoms with Crippen molar-refractivity contribution in [1.82, 2.24) is 0 Å². The van der Waals surface area contributed by atoms with Gasteiger partial charge in [0.15, 0.2) is 0 Å². The highest BCUT2D eigenvalue weighted by atomic mass is 19.1. The van der Waals surface area contributed by atoms with Crippen molar-refractivity contribution < 1.29 is 23.8 Å². The predicted molar refractivity (Wildman–Crippen MR) is 147 cm³/mol. The summed E-state index contributed by atoms with van der Waals surface area (Å²) in [4.78, 5) is 11.3. The van der Waals surface area contributed by atoms with Gasteiger partial charge in [0, 0.05) is 5.56 Å². The van der Waals surface area contributed by atoms with Gasteiger partial charge in [-0.3, -0.25) is 4.79 Å². The molecule has 2 aliphatic carbocycles. The molecule has 0 bridgehead atoms. The maximum atomic E-state index is 15.0. The first-order valence-corrected chi connectivity index (χ1v) is 13.7. The summed E-state index contributed by atoms with van der Waals surface area (Å²) < 4.78 is 26.6. The predicted octanol–water partition coefficient (Wildman–Crippen LogP) is 8.27. The molecule has 0 aromatic heterocycles. The molecule has 0 heterocycles. The van der Waals surface area contributed by atoms with Crippen LogP contribution in [0.2, 0.25) is 0 Å². The minimum atomic E-state index is -0.764. The van der Waals surface area contributed by atoms with Crippen molar-refractivity contribution in [2.45, 2.75) is 77.2 Å². The van der Waals surface area contributed by atoms with E-state index in [0.29, 0.717) is 29.3 Å². The summed E-state index contributed by atoms with van der Waals surface area (Å²) in [5.41, 5.74) is 6.35. The smallest absolute Gasteiger partial charge is 0.303 e. The van der Waals surface area contributed by atoms with Crippen molar-refractivity contribution >= 4 is 5.97 Å². The van der Waals surface area contributed by atoms with E-state index in [4.69, 9.17) is 9.47 Å². The van der Waals surface area contributed by atoms with E-state index in [-0.39, 0.29) is 18.2 Å². The van der Waals surface area contributed by atoms with Gasteiger partial charge in [-0.05, 0) is 114 Å². The largest absolute Gasteiger partial charge is 0.497 e. The van der Waals surface area contributed by atoms with E-state index >= 15 is 4.39 Å². The second kappa shape index (κ2) is 10.8. The fraction of sp³-hybridized carbons (Fsp3) is 0.424. The highest BCUT2D eigenvalue weighted by Gasteiger charge is 2.30. The maximum Gasteiger partial charge on any atom is 0.303 e. The van der Waals surface area contributed by atoms with E-state index in [1.807, 2.05) is 24.3 Å². The minimum absolute atomic E-state index is 0.0465. The summed E-state index contributed by atoms with van der Waals surface area (Å²) in [5, 5.41) is 9.27. The third-order valence-electron chi connectivity index (χ3n) is 8.50. The molecule has 0 amide bonds. The Labute approximate surface area is 224 Å². The van der Waals surface area contributed by atoms with Gasteiger partial charge in [-0.15, -0.1) is 0 Å². The molecular formula is C33H37FO4. The number of carboxylic acids is 1. The zero-order valence-electron chi connectivity index (χ0n) is 22.6. The molecule has 38 heavy (non-hydrogen) atoms. The molecule has 5 heteroatoms. The van der Waals surface area contributed by atoms with Crippen LogP contribution >= 0.6 is 0 Å². The number of methoxy groups -OCH3 is 1. The van der Waals surface area contributed by atoms with E-state index in [1.54, 1.807) is 19.2 Å². The van der Waals surface area contributed by atoms with E-state index in [0.717, 1.165) is 61.0 Å². The molecule has 0 saturated heterocycles. The number of aryl methyl sites for hydroxylation is 1. The number of rotatable bonds is 8. The van der Waals surface area contributed by atoms with Gasteiger partial charge in [-0.25, -0.2) is 4.39 Å². The summed E-state index contributed by atoms with van der Waals surface area (Å²) in [7, 11) is 1.60. The van der Waals surface area contributed by atoms with E-state index in [9.17, 15) is 9.90 Å². The number of halogens is 1. The number of hydrogen-bond donors (Lipinski definition) is 1. The summed E-state index contributed by atoms with van der Waals surface area (Å²) in [6, 6.07) is 17.2. The Bertz CT molecular complexity index is 1320. The highest BCUT2D eigenvalue weighted by molar-refractivity contribution is 5.71.